The molecule has 0 aromatic heterocycles. The number of nitrogens with one attached hydrogen (secondary N) is 1. The zero-order valence-corrected chi connectivity index (χ0v) is 22.3. The van der Waals surface area contributed by atoms with E-state index >= 15 is 0 Å². The van der Waals surface area contributed by atoms with E-state index in [1.807, 2.05) is 35.2 Å². The highest BCUT2D eigenvalue weighted by molar-refractivity contribution is 5.77. The molecule has 7 heteroatoms. The summed E-state index contributed by atoms with van der Waals surface area (Å²) in [6.45, 7) is 2.60. The van der Waals surface area contributed by atoms with Gasteiger partial charge in [-0.3, -0.25) is 4.79 Å². The summed E-state index contributed by atoms with van der Waals surface area (Å²) in [6.07, 6.45) is 4.11. The Morgan fingerprint density at radius 3 is 2.76 bits per heavy atom. The normalized spacial score (nSPS) is 26.8. The highest BCUT2D eigenvalue weighted by Crippen LogP contribution is 2.44. The molecule has 2 heterocycles. The van der Waals surface area contributed by atoms with Crippen LogP contribution in [0.1, 0.15) is 74.3 Å². The third kappa shape index (κ3) is 6.14. The van der Waals surface area contributed by atoms with Gasteiger partial charge in [-0.2, -0.15) is 0 Å². The smallest absolute Gasteiger partial charge is 0.248 e. The number of benzene rings is 2. The van der Waals surface area contributed by atoms with Crippen LogP contribution in [0.4, 0.5) is 8.78 Å². The van der Waals surface area contributed by atoms with Gasteiger partial charge in [-0.1, -0.05) is 42.5 Å². The molecular formula is C31H40F2N2O3. The number of methoxy groups -OCH3 is 1. The van der Waals surface area contributed by atoms with Crippen LogP contribution in [0, 0.1) is 5.92 Å². The van der Waals surface area contributed by atoms with Crippen molar-refractivity contribution in [1.29, 1.82) is 0 Å². The lowest BCUT2D eigenvalue weighted by Gasteiger charge is -2.46. The van der Waals surface area contributed by atoms with Gasteiger partial charge in [0.05, 0.1) is 13.7 Å². The molecule has 1 saturated heterocycles. The van der Waals surface area contributed by atoms with Gasteiger partial charge in [-0.05, 0) is 55.6 Å². The average molecular weight is 527 g/mol. The Kier molecular flexibility index (Phi) is 8.51. The summed E-state index contributed by atoms with van der Waals surface area (Å²) < 4.78 is 40.1. The summed E-state index contributed by atoms with van der Waals surface area (Å²) in [5, 5.41) is 3.48. The molecule has 206 valence electrons. The minimum absolute atomic E-state index is 0.0303. The molecule has 0 bridgehead atoms. The summed E-state index contributed by atoms with van der Waals surface area (Å²) in [5.74, 6) is -0.514. The quantitative estimate of drug-likeness (QED) is 0.420. The van der Waals surface area contributed by atoms with Gasteiger partial charge in [0.25, 0.3) is 0 Å². The summed E-state index contributed by atoms with van der Waals surface area (Å²) >= 11 is 0. The van der Waals surface area contributed by atoms with E-state index in [-0.39, 0.29) is 30.7 Å². The lowest BCUT2D eigenvalue weighted by atomic mass is 9.74. The van der Waals surface area contributed by atoms with Gasteiger partial charge in [0.15, 0.2) is 11.5 Å². The lowest BCUT2D eigenvalue weighted by molar-refractivity contribution is -0.139. The molecule has 4 unspecified atom stereocenters. The van der Waals surface area contributed by atoms with E-state index in [4.69, 9.17) is 9.47 Å². The third-order valence-corrected chi connectivity index (χ3v) is 8.75. The number of rotatable bonds is 8. The Balaban J connectivity index is 1.20. The Labute approximate surface area is 224 Å². The fraction of sp³-hybridized carbons (Fsp3) is 0.581. The van der Waals surface area contributed by atoms with Crippen molar-refractivity contribution in [1.82, 2.24) is 10.2 Å². The van der Waals surface area contributed by atoms with E-state index in [0.29, 0.717) is 44.4 Å². The maximum Gasteiger partial charge on any atom is 0.248 e. The fourth-order valence-corrected chi connectivity index (χ4v) is 6.78. The van der Waals surface area contributed by atoms with Crippen molar-refractivity contribution < 1.29 is 23.0 Å². The van der Waals surface area contributed by atoms with Gasteiger partial charge >= 0.3 is 0 Å². The van der Waals surface area contributed by atoms with Crippen LogP contribution in [0.5, 0.6) is 11.5 Å². The Morgan fingerprint density at radius 1 is 1.13 bits per heavy atom. The van der Waals surface area contributed by atoms with Crippen LogP contribution in [-0.4, -0.2) is 56.1 Å². The summed E-state index contributed by atoms with van der Waals surface area (Å²) in [7, 11) is 1.65. The Hall–Kier alpha value is -2.67. The number of likely N-dealkylation sites (tertiary alicyclic amines) is 1. The number of amides is 1. The van der Waals surface area contributed by atoms with E-state index in [1.165, 1.54) is 5.56 Å². The molecule has 0 radical (unpaired) electrons. The van der Waals surface area contributed by atoms with Crippen molar-refractivity contribution in [3.63, 3.8) is 0 Å². The van der Waals surface area contributed by atoms with E-state index in [2.05, 4.69) is 23.5 Å². The SMILES string of the molecule is COc1cccc2c1OCCC2CNCCC(=O)N1CCC(c2ccccc2)CC1C1CCCC(F)(F)C1. The molecule has 2 fully saturated rings. The van der Waals surface area contributed by atoms with Crippen molar-refractivity contribution in [3.8, 4) is 11.5 Å². The number of nitrogens with zero attached hydrogens (tertiary/aromatic N) is 1. The molecule has 3 aliphatic rings. The van der Waals surface area contributed by atoms with Crippen molar-refractivity contribution >= 4 is 5.91 Å². The van der Waals surface area contributed by atoms with E-state index < -0.39 is 5.92 Å². The van der Waals surface area contributed by atoms with Crippen LogP contribution in [-0.2, 0) is 4.79 Å². The number of alkyl halides is 2. The van der Waals surface area contributed by atoms with Crippen LogP contribution >= 0.6 is 0 Å². The Bertz CT molecular complexity index is 1080. The topological polar surface area (TPSA) is 50.8 Å². The second-order valence-corrected chi connectivity index (χ2v) is 11.2. The first kappa shape index (κ1) is 26.9. The zero-order valence-electron chi connectivity index (χ0n) is 22.3. The molecule has 5 nitrogen and oxygen atoms in total. The molecule has 1 N–H and O–H groups in total. The molecule has 2 aromatic carbocycles. The van der Waals surface area contributed by atoms with Crippen molar-refractivity contribution in [2.75, 3.05) is 33.4 Å². The molecule has 38 heavy (non-hydrogen) atoms. The fourth-order valence-electron chi connectivity index (χ4n) is 6.78. The van der Waals surface area contributed by atoms with Gasteiger partial charge in [0.2, 0.25) is 11.8 Å². The predicted octanol–water partition coefficient (Wildman–Crippen LogP) is 6.14. The number of piperidine rings is 1. The third-order valence-electron chi connectivity index (χ3n) is 8.75. The number of para-hydroxylation sites is 1. The lowest BCUT2D eigenvalue weighted by Crippen LogP contribution is -2.51. The molecule has 1 saturated carbocycles. The maximum atomic E-state index is 14.4. The molecule has 2 aromatic rings. The second kappa shape index (κ2) is 12.0. The molecule has 5 rings (SSSR count). The summed E-state index contributed by atoms with van der Waals surface area (Å²) in [5.41, 5.74) is 2.39. The first-order valence-corrected chi connectivity index (χ1v) is 14.2. The van der Waals surface area contributed by atoms with Gasteiger partial charge in [0.1, 0.15) is 0 Å². The second-order valence-electron chi connectivity index (χ2n) is 11.2. The first-order chi connectivity index (χ1) is 18.4. The number of carbonyl (C=O) groups is 1. The van der Waals surface area contributed by atoms with Crippen LogP contribution < -0.4 is 14.8 Å². The summed E-state index contributed by atoms with van der Waals surface area (Å²) in [6, 6.07) is 16.2. The van der Waals surface area contributed by atoms with Crippen LogP contribution in [0.2, 0.25) is 0 Å². The van der Waals surface area contributed by atoms with E-state index in [1.54, 1.807) is 7.11 Å². The first-order valence-electron chi connectivity index (χ1n) is 14.2. The number of hydrogen-bond acceptors (Lipinski definition) is 4. The number of carbonyl (C=O) groups excluding carboxylic acids is 1. The van der Waals surface area contributed by atoms with Crippen LogP contribution in [0.3, 0.4) is 0 Å². The monoisotopic (exact) mass is 526 g/mol. The van der Waals surface area contributed by atoms with Crippen LogP contribution in [0.25, 0.3) is 0 Å². The standard InChI is InChI=1S/C31H40F2N2O3/c1-37-28-11-5-10-26-25(14-18-38-30(26)28)21-34-16-12-29(36)35-17-13-23(22-7-3-2-4-8-22)19-27(35)24-9-6-15-31(32,33)20-24/h2-5,7-8,10-11,23-25,27,34H,6,9,12-21H2,1H3. The Morgan fingerprint density at radius 2 is 1.97 bits per heavy atom. The van der Waals surface area contributed by atoms with E-state index in [0.717, 1.165) is 49.3 Å². The van der Waals surface area contributed by atoms with Crippen LogP contribution in [0.15, 0.2) is 48.5 Å². The predicted molar refractivity (Wildman–Crippen MR) is 144 cm³/mol. The minimum Gasteiger partial charge on any atom is -0.493 e. The van der Waals surface area contributed by atoms with Gasteiger partial charge in [0, 0.05) is 56.4 Å². The summed E-state index contributed by atoms with van der Waals surface area (Å²) in [4.78, 5) is 15.4. The molecule has 1 amide bonds. The average Bonchev–Trinajstić information content (AvgIpc) is 2.94. The van der Waals surface area contributed by atoms with Crippen molar-refractivity contribution in [2.45, 2.75) is 75.2 Å². The highest BCUT2D eigenvalue weighted by atomic mass is 19.3. The maximum absolute atomic E-state index is 14.4. The largest absolute Gasteiger partial charge is 0.493 e. The molecular weight excluding hydrogens is 486 g/mol. The van der Waals surface area contributed by atoms with Gasteiger partial charge < -0.3 is 19.7 Å². The number of halogens is 2. The number of ether oxygens (including phenoxy) is 2. The van der Waals surface area contributed by atoms with Gasteiger partial charge in [-0.25, -0.2) is 8.78 Å². The number of hydrogen-bond donors (Lipinski definition) is 1. The highest BCUT2D eigenvalue weighted by Gasteiger charge is 2.44. The molecule has 4 atom stereocenters. The van der Waals surface area contributed by atoms with E-state index in [9.17, 15) is 13.6 Å². The molecule has 0 spiro atoms. The zero-order chi connectivity index (χ0) is 26.5. The molecule has 2 aliphatic heterocycles. The number of fused-ring (bicyclic) bond motifs is 1. The van der Waals surface area contributed by atoms with Crippen molar-refractivity contribution in [3.05, 3.63) is 59.7 Å². The van der Waals surface area contributed by atoms with Gasteiger partial charge in [-0.15, -0.1) is 0 Å². The molecule has 1 aliphatic carbocycles. The van der Waals surface area contributed by atoms with Crippen molar-refractivity contribution in [2.24, 2.45) is 5.92 Å². The minimum atomic E-state index is -2.62.